The van der Waals surface area contributed by atoms with Crippen LogP contribution in [-0.4, -0.2) is 124 Å². The van der Waals surface area contributed by atoms with Gasteiger partial charge in [-0.2, -0.15) is 0 Å². The fourth-order valence-electron chi connectivity index (χ4n) is 13.8. The van der Waals surface area contributed by atoms with Gasteiger partial charge in [0.25, 0.3) is 11.5 Å². The van der Waals surface area contributed by atoms with Crippen molar-refractivity contribution in [1.82, 2.24) is 35.9 Å². The molecule has 117 heavy (non-hydrogen) atoms. The minimum Gasteiger partial charge on any atom is -0.478 e. The van der Waals surface area contributed by atoms with E-state index in [0.717, 1.165) is 167 Å². The second-order valence-corrected chi connectivity index (χ2v) is 30.7. The first-order chi connectivity index (χ1) is 56.5. The van der Waals surface area contributed by atoms with Crippen LogP contribution in [0.2, 0.25) is 0 Å². The number of halogens is 6. The van der Waals surface area contributed by atoms with E-state index in [4.69, 9.17) is 10.8 Å². The fraction of sp³-hybridized carbons (Fsp3) is 0.340. The lowest BCUT2D eigenvalue weighted by molar-refractivity contribution is 0.0696. The first-order valence-electron chi connectivity index (χ1n) is 40.4. The van der Waals surface area contributed by atoms with Crippen LogP contribution in [0.25, 0.3) is 43.1 Å². The van der Waals surface area contributed by atoms with Gasteiger partial charge in [0.05, 0.1) is 23.8 Å². The lowest BCUT2D eigenvalue weighted by Gasteiger charge is -2.26. The number of hydrogen-bond acceptors (Lipinski definition) is 14. The van der Waals surface area contributed by atoms with Crippen LogP contribution in [0.5, 0.6) is 0 Å². The predicted molar refractivity (Wildman–Crippen MR) is 477 cm³/mol. The first kappa shape index (κ1) is 92.5. The number of carbonyl (C=O) groups excluding carboxylic acids is 1. The highest BCUT2D eigenvalue weighted by molar-refractivity contribution is 9.10. The Hall–Kier alpha value is -9.98. The zero-order chi connectivity index (χ0) is 84.3. The monoisotopic (exact) mass is 1720 g/mol. The van der Waals surface area contributed by atoms with E-state index in [2.05, 4.69) is 186 Å². The van der Waals surface area contributed by atoms with Crippen LogP contribution in [-0.2, 0) is 38.8 Å². The van der Waals surface area contributed by atoms with Gasteiger partial charge in [0.2, 0.25) is 0 Å². The van der Waals surface area contributed by atoms with Gasteiger partial charge in [0, 0.05) is 144 Å². The molecule has 12 rings (SSSR count). The second-order valence-electron chi connectivity index (χ2n) is 28.9. The third kappa shape index (κ3) is 28.7. The quantitative estimate of drug-likeness (QED) is 0.0175. The number of aromatic nitrogens is 4. The molecule has 620 valence electrons. The van der Waals surface area contributed by atoms with E-state index in [1.54, 1.807) is 36.8 Å². The molecule has 9 N–H and O–H groups in total. The summed E-state index contributed by atoms with van der Waals surface area (Å²) in [6.07, 6.45) is 13.8. The van der Waals surface area contributed by atoms with E-state index < -0.39 is 53.5 Å². The van der Waals surface area contributed by atoms with Crippen molar-refractivity contribution < 1.29 is 42.5 Å². The predicted octanol–water partition coefficient (Wildman–Crippen LogP) is 19.2. The summed E-state index contributed by atoms with van der Waals surface area (Å²) in [5, 5.41) is 47.8. The smallest absolute Gasteiger partial charge is 0.335 e. The summed E-state index contributed by atoms with van der Waals surface area (Å²) in [5.74, 6) is -1.15. The van der Waals surface area contributed by atoms with Crippen LogP contribution in [0.1, 0.15) is 148 Å². The normalized spacial score (nSPS) is 12.0. The average Bonchev–Trinajstić information content (AvgIpc) is 0.829. The highest BCUT2D eigenvalue weighted by atomic mass is 79.9. The van der Waals surface area contributed by atoms with Crippen LogP contribution >= 0.6 is 31.9 Å². The van der Waals surface area contributed by atoms with Gasteiger partial charge in [-0.3, -0.25) is 9.59 Å². The molecule has 12 aromatic rings. The second kappa shape index (κ2) is 48.0. The van der Waals surface area contributed by atoms with Crippen molar-refractivity contribution in [1.29, 1.82) is 0 Å². The minimum absolute atomic E-state index is 0.0474. The lowest BCUT2D eigenvalue weighted by atomic mass is 9.99. The average molecular weight is 1730 g/mol. The van der Waals surface area contributed by atoms with Crippen molar-refractivity contribution in [2.24, 2.45) is 5.73 Å². The molecule has 0 spiro atoms. The van der Waals surface area contributed by atoms with E-state index in [9.17, 15) is 42.2 Å². The van der Waals surface area contributed by atoms with Gasteiger partial charge in [0.15, 0.2) is 0 Å². The largest absolute Gasteiger partial charge is 0.478 e. The molecule has 1 amide bonds. The van der Waals surface area contributed by atoms with Crippen LogP contribution in [0.4, 0.5) is 35.0 Å². The van der Waals surface area contributed by atoms with E-state index in [1.165, 1.54) is 46.2 Å². The number of aliphatic hydroxyl groups is 2. The van der Waals surface area contributed by atoms with Crippen molar-refractivity contribution in [2.45, 2.75) is 157 Å². The molecule has 8 aromatic carbocycles. The molecule has 0 fully saturated rings. The molecule has 17 nitrogen and oxygen atoms in total. The summed E-state index contributed by atoms with van der Waals surface area (Å²) < 4.78 is 56.4. The van der Waals surface area contributed by atoms with Crippen molar-refractivity contribution >= 4 is 104 Å². The number of pyridine rings is 4. The van der Waals surface area contributed by atoms with Crippen molar-refractivity contribution in [3.05, 3.63) is 294 Å². The highest BCUT2D eigenvalue weighted by Gasteiger charge is 2.25. The third-order valence-corrected chi connectivity index (χ3v) is 20.5. The zero-order valence-corrected chi connectivity index (χ0v) is 71.3. The van der Waals surface area contributed by atoms with Crippen LogP contribution in [0.3, 0.4) is 0 Å². The molecule has 0 unspecified atom stereocenters. The number of aromatic amines is 1. The number of H-pyrrole nitrogens is 1. The number of fused-ring (bicyclic) bond motifs is 4. The molecule has 0 saturated heterocycles. The van der Waals surface area contributed by atoms with Gasteiger partial charge in [-0.15, -0.1) is 0 Å². The first-order valence-corrected chi connectivity index (χ1v) is 42.0. The summed E-state index contributed by atoms with van der Waals surface area (Å²) in [5.41, 5.74) is 12.1. The van der Waals surface area contributed by atoms with Gasteiger partial charge in [-0.1, -0.05) is 160 Å². The molecule has 23 heteroatoms. The number of rotatable bonds is 34. The number of carboxylic acid groups (broad SMARTS) is 1. The minimum atomic E-state index is -1.02. The number of nitrogens with two attached hydrogens (primary N) is 1. The van der Waals surface area contributed by atoms with Crippen LogP contribution in [0, 0.1) is 23.3 Å². The molecular formula is C94H111Br2F4N11O6. The van der Waals surface area contributed by atoms with E-state index >= 15 is 0 Å². The summed E-state index contributed by atoms with van der Waals surface area (Å²) in [6, 6.07) is 52.1. The summed E-state index contributed by atoms with van der Waals surface area (Å²) in [4.78, 5) is 59.2. The number of amides is 1. The number of carboxylic acids is 1. The maximum absolute atomic E-state index is 14.0. The Labute approximate surface area is 701 Å². The molecule has 4 heterocycles. The molecule has 0 aliphatic carbocycles. The van der Waals surface area contributed by atoms with Gasteiger partial charge >= 0.3 is 5.97 Å². The SMILES string of the molecule is CCCN(CCC)c1nccc2ccc(Br)cc12.CCCN(CCC)c1nccc2ccc(C(=O)N[C@@H](Cc3cc(F)cc(F)c3)[C@H](O)CNCc3cccc(CC)c3)cc12.CCCN(CCC)c1nccc2ccc(C(=O)O)cc12.CCc1cccc(CNC[C@@H](O)[C@@H](N)Cc2cc(F)cc(F)c2)c1.O=c1[nH]ccc2ccc(Br)cc12. The zero-order valence-electron chi connectivity index (χ0n) is 68.2. The molecule has 0 saturated carbocycles. The van der Waals surface area contributed by atoms with E-state index in [1.807, 2.05) is 85.1 Å². The Morgan fingerprint density at radius 1 is 0.444 bits per heavy atom. The number of nitrogens with one attached hydrogen (secondary N) is 4. The van der Waals surface area contributed by atoms with Gasteiger partial charge in [-0.25, -0.2) is 37.3 Å². The molecule has 0 aliphatic rings. The molecule has 0 aliphatic heterocycles. The van der Waals surface area contributed by atoms with E-state index in [-0.39, 0.29) is 30.9 Å². The Kier molecular flexibility index (Phi) is 38.0. The number of aliphatic hydroxyl groups excluding tert-OH is 2. The van der Waals surface area contributed by atoms with Crippen molar-refractivity contribution in [3.63, 3.8) is 0 Å². The fourth-order valence-corrected chi connectivity index (χ4v) is 14.5. The van der Waals surface area contributed by atoms with Gasteiger partial charge < -0.3 is 56.7 Å². The summed E-state index contributed by atoms with van der Waals surface area (Å²) in [6.45, 7) is 24.5. The van der Waals surface area contributed by atoms with Gasteiger partial charge in [-0.05, 0) is 216 Å². The number of benzene rings is 8. The maximum Gasteiger partial charge on any atom is 0.335 e. The Morgan fingerprint density at radius 2 is 0.821 bits per heavy atom. The van der Waals surface area contributed by atoms with Gasteiger partial charge in [0.1, 0.15) is 40.7 Å². The molecule has 4 aromatic heterocycles. The third-order valence-electron chi connectivity index (χ3n) is 19.5. The van der Waals surface area contributed by atoms with Crippen LogP contribution < -0.4 is 41.9 Å². The number of aromatic carboxylic acids is 1. The maximum atomic E-state index is 14.0. The molecule has 0 radical (unpaired) electrons. The number of carbonyl (C=O) groups is 2. The number of hydrogen-bond donors (Lipinski definition) is 8. The Balaban J connectivity index is 0.000000196. The number of nitrogens with zero attached hydrogens (tertiary/aromatic N) is 6. The standard InChI is InChI=1S/C35H42F2N4O2.C19H24F2N2O.C16H20N2O2.C15H19BrN2.C9H6BrNO/c1-4-14-41(15-5-2)34-31-20-28(11-10-27(31)12-13-39-34)35(43)40-32(19-26-17-29(36)21-30(37)18-26)33(42)23-38-22-25-9-7-8-24(6-3)16-25;1-2-13-4-3-5-14(6-13)11-23-12-19(24)18(22)9-15-7-16(20)10-17(21)8-15;1-3-9-18(10-4-2)15-14-11-13(16(19)20)6-5-12(14)7-8-17-15;1-3-9-18(10-4-2)15-14-11-13(16)6-5-12(14)7-8-17-15;10-7-2-1-6-3-4-11-9(12)8(6)5-7/h7-13,16-18,20-21,32-33,38,42H,4-6,14-15,19,22-23H2,1-3H3,(H,40,43);3-8,10,18-19,23-24H,2,9,11-12,22H2,1H3;5-8,11H,3-4,9-10H2,1-2H3,(H,19,20);5-8,11H,3-4,9-10H2,1-2H3;1-5H,(H,11,12)/t32-,33+;18-,19+;;;/m00.../s1. The molecule has 0 bridgehead atoms. The van der Waals surface area contributed by atoms with Crippen LogP contribution in [0.15, 0.2) is 221 Å². The van der Waals surface area contributed by atoms with E-state index in [0.29, 0.717) is 47.3 Å². The Morgan fingerprint density at radius 3 is 1.25 bits per heavy atom. The van der Waals surface area contributed by atoms with Crippen molar-refractivity contribution in [2.75, 3.05) is 67.1 Å². The summed E-state index contributed by atoms with van der Waals surface area (Å²) in [7, 11) is 0. The molecular weight excluding hydrogens is 1610 g/mol. The lowest BCUT2D eigenvalue weighted by Crippen LogP contribution is -2.48. The number of anilines is 3. The highest BCUT2D eigenvalue weighted by Crippen LogP contribution is 2.31. The topological polar surface area (TPSA) is 238 Å². The van der Waals surface area contributed by atoms with Crippen molar-refractivity contribution in [3.8, 4) is 0 Å². The Bertz CT molecular complexity index is 5160. The number of aryl methyl sites for hydroxylation is 2. The summed E-state index contributed by atoms with van der Waals surface area (Å²) >= 11 is 6.86. The molecule has 4 atom stereocenters.